The van der Waals surface area contributed by atoms with Gasteiger partial charge < -0.3 is 9.67 Å². The Kier molecular flexibility index (Phi) is 5.93. The molecule has 1 fully saturated rings. The highest BCUT2D eigenvalue weighted by Crippen LogP contribution is 2.42. The molecule has 1 aromatic heterocycles. The van der Waals surface area contributed by atoms with E-state index in [1.165, 1.54) is 11.3 Å². The normalized spacial score (nSPS) is 15.7. The van der Waals surface area contributed by atoms with Crippen LogP contribution in [0, 0.1) is 5.92 Å². The van der Waals surface area contributed by atoms with Gasteiger partial charge in [0.15, 0.2) is 0 Å². The molecule has 0 bridgehead atoms. The maximum atomic E-state index is 12.1. The third-order valence-electron chi connectivity index (χ3n) is 6.85. The number of hydrogen-bond donors (Lipinski definition) is 1. The van der Waals surface area contributed by atoms with E-state index in [0.717, 1.165) is 43.6 Å². The first-order chi connectivity index (χ1) is 15.7. The summed E-state index contributed by atoms with van der Waals surface area (Å²) in [5, 5.41) is 12.1. The van der Waals surface area contributed by atoms with Crippen molar-refractivity contribution < 1.29 is 5.11 Å². The summed E-state index contributed by atoms with van der Waals surface area (Å²) in [6.07, 6.45) is 6.09. The van der Waals surface area contributed by atoms with Crippen LogP contribution in [0.2, 0.25) is 0 Å². The van der Waals surface area contributed by atoms with Crippen LogP contribution in [0.15, 0.2) is 109 Å². The standard InChI is InChI=1S/C29H30N2O/c32-29(25-9-3-1-4-10-25,26-11-5-2-6-12-26)27-17-21-30(22-18-27)23-24-13-15-28(16-14-24)31-19-7-8-20-31/h1-16,19-20,27,32H,17-18,21-23H2. The minimum absolute atomic E-state index is 0.194. The fourth-order valence-corrected chi connectivity index (χ4v) is 5.07. The Morgan fingerprint density at radius 2 is 1.22 bits per heavy atom. The first-order valence-electron chi connectivity index (χ1n) is 11.5. The summed E-state index contributed by atoms with van der Waals surface area (Å²) in [7, 11) is 0. The number of aromatic nitrogens is 1. The van der Waals surface area contributed by atoms with Gasteiger partial charge >= 0.3 is 0 Å². The van der Waals surface area contributed by atoms with Crippen LogP contribution in [0.4, 0.5) is 0 Å². The topological polar surface area (TPSA) is 28.4 Å². The Labute approximate surface area is 190 Å². The molecule has 0 radical (unpaired) electrons. The first kappa shape index (κ1) is 20.7. The quantitative estimate of drug-likeness (QED) is 0.436. The summed E-state index contributed by atoms with van der Waals surface area (Å²) in [6, 6.07) is 33.3. The van der Waals surface area contributed by atoms with Crippen molar-refractivity contribution in [3.05, 3.63) is 126 Å². The number of likely N-dealkylation sites (tertiary alicyclic amines) is 1. The van der Waals surface area contributed by atoms with Gasteiger partial charge in [0.1, 0.15) is 5.60 Å². The second kappa shape index (κ2) is 9.15. The van der Waals surface area contributed by atoms with Crippen LogP contribution in [0.25, 0.3) is 5.69 Å². The van der Waals surface area contributed by atoms with Crippen molar-refractivity contribution in [2.24, 2.45) is 5.92 Å². The van der Waals surface area contributed by atoms with E-state index in [9.17, 15) is 5.11 Å². The average Bonchev–Trinajstić information content (AvgIpc) is 3.41. The highest BCUT2D eigenvalue weighted by Gasteiger charge is 2.41. The Balaban J connectivity index is 1.28. The molecule has 0 spiro atoms. The molecule has 3 aromatic carbocycles. The van der Waals surface area contributed by atoms with E-state index in [1.54, 1.807) is 0 Å². The number of rotatable bonds is 6. The Morgan fingerprint density at radius 1 is 0.688 bits per heavy atom. The average molecular weight is 423 g/mol. The zero-order chi connectivity index (χ0) is 21.8. The van der Waals surface area contributed by atoms with Crippen LogP contribution >= 0.6 is 0 Å². The van der Waals surface area contributed by atoms with Gasteiger partial charge in [-0.3, -0.25) is 4.90 Å². The molecule has 1 aliphatic heterocycles. The molecular weight excluding hydrogens is 392 g/mol. The van der Waals surface area contributed by atoms with Crippen LogP contribution < -0.4 is 0 Å². The Bertz CT molecular complexity index is 1060. The number of piperidine rings is 1. The van der Waals surface area contributed by atoms with E-state index in [1.807, 2.05) is 48.5 Å². The van der Waals surface area contributed by atoms with Crippen molar-refractivity contribution >= 4 is 0 Å². The minimum Gasteiger partial charge on any atom is -0.380 e. The SMILES string of the molecule is OC(c1ccccc1)(c1ccccc1)C1CCN(Cc2ccc(-n3cccc3)cc2)CC1. The van der Waals surface area contributed by atoms with Crippen molar-refractivity contribution in [2.75, 3.05) is 13.1 Å². The predicted octanol–water partition coefficient (Wildman–Crippen LogP) is 5.63. The smallest absolute Gasteiger partial charge is 0.117 e. The van der Waals surface area contributed by atoms with Gasteiger partial charge in [-0.2, -0.15) is 0 Å². The van der Waals surface area contributed by atoms with Crippen LogP contribution in [0.5, 0.6) is 0 Å². The van der Waals surface area contributed by atoms with Gasteiger partial charge in [0.2, 0.25) is 0 Å². The molecule has 5 rings (SSSR count). The highest BCUT2D eigenvalue weighted by atomic mass is 16.3. The molecule has 3 heteroatoms. The lowest BCUT2D eigenvalue weighted by molar-refractivity contribution is -0.0152. The summed E-state index contributed by atoms with van der Waals surface area (Å²) in [5.41, 5.74) is 3.55. The molecular formula is C29H30N2O. The molecule has 0 aliphatic carbocycles. The lowest BCUT2D eigenvalue weighted by Crippen LogP contribution is -2.44. The summed E-state index contributed by atoms with van der Waals surface area (Å²) < 4.78 is 2.13. The molecule has 162 valence electrons. The summed E-state index contributed by atoms with van der Waals surface area (Å²) in [4.78, 5) is 2.51. The number of benzene rings is 3. The van der Waals surface area contributed by atoms with Crippen molar-refractivity contribution in [3.8, 4) is 5.69 Å². The van der Waals surface area contributed by atoms with E-state index < -0.39 is 5.60 Å². The van der Waals surface area contributed by atoms with Gasteiger partial charge in [-0.1, -0.05) is 72.8 Å². The fraction of sp³-hybridized carbons (Fsp3) is 0.241. The first-order valence-corrected chi connectivity index (χ1v) is 11.5. The van der Waals surface area contributed by atoms with Crippen molar-refractivity contribution in [3.63, 3.8) is 0 Å². The fourth-order valence-electron chi connectivity index (χ4n) is 5.07. The molecule has 2 heterocycles. The maximum absolute atomic E-state index is 12.1. The van der Waals surface area contributed by atoms with Gasteiger partial charge in [0.25, 0.3) is 0 Å². The van der Waals surface area contributed by atoms with E-state index in [2.05, 4.69) is 70.4 Å². The van der Waals surface area contributed by atoms with Gasteiger partial charge in [-0.05, 0) is 72.8 Å². The largest absolute Gasteiger partial charge is 0.380 e. The summed E-state index contributed by atoms with van der Waals surface area (Å²) in [6.45, 7) is 2.94. The molecule has 1 saturated heterocycles. The highest BCUT2D eigenvalue weighted by molar-refractivity contribution is 5.37. The van der Waals surface area contributed by atoms with Gasteiger partial charge in [0, 0.05) is 24.6 Å². The number of nitrogens with zero attached hydrogens (tertiary/aromatic N) is 2. The van der Waals surface area contributed by atoms with Gasteiger partial charge in [0.05, 0.1) is 0 Å². The van der Waals surface area contributed by atoms with Crippen LogP contribution in [0.3, 0.4) is 0 Å². The zero-order valence-electron chi connectivity index (χ0n) is 18.3. The third-order valence-corrected chi connectivity index (χ3v) is 6.85. The van der Waals surface area contributed by atoms with Gasteiger partial charge in [-0.15, -0.1) is 0 Å². The summed E-state index contributed by atoms with van der Waals surface area (Å²) >= 11 is 0. The lowest BCUT2D eigenvalue weighted by Gasteiger charge is -2.42. The monoisotopic (exact) mass is 422 g/mol. The third kappa shape index (κ3) is 4.14. The molecule has 4 aromatic rings. The molecule has 32 heavy (non-hydrogen) atoms. The van der Waals surface area contributed by atoms with E-state index in [-0.39, 0.29) is 5.92 Å². The minimum atomic E-state index is -0.951. The van der Waals surface area contributed by atoms with Crippen molar-refractivity contribution in [1.82, 2.24) is 9.47 Å². The van der Waals surface area contributed by atoms with Crippen molar-refractivity contribution in [2.45, 2.75) is 25.0 Å². The van der Waals surface area contributed by atoms with E-state index in [4.69, 9.17) is 0 Å². The summed E-state index contributed by atoms with van der Waals surface area (Å²) in [5.74, 6) is 0.194. The molecule has 3 nitrogen and oxygen atoms in total. The number of hydrogen-bond acceptors (Lipinski definition) is 2. The molecule has 0 saturated carbocycles. The Hall–Kier alpha value is -3.14. The zero-order valence-corrected chi connectivity index (χ0v) is 18.3. The maximum Gasteiger partial charge on any atom is 0.117 e. The molecule has 0 amide bonds. The lowest BCUT2D eigenvalue weighted by atomic mass is 9.72. The predicted molar refractivity (Wildman–Crippen MR) is 130 cm³/mol. The second-order valence-corrected chi connectivity index (χ2v) is 8.81. The van der Waals surface area contributed by atoms with Crippen LogP contribution in [-0.2, 0) is 12.1 Å². The van der Waals surface area contributed by atoms with E-state index in [0.29, 0.717) is 0 Å². The van der Waals surface area contributed by atoms with Crippen LogP contribution in [-0.4, -0.2) is 27.7 Å². The number of aliphatic hydroxyl groups is 1. The van der Waals surface area contributed by atoms with Crippen molar-refractivity contribution in [1.29, 1.82) is 0 Å². The van der Waals surface area contributed by atoms with Gasteiger partial charge in [-0.25, -0.2) is 0 Å². The molecule has 1 N–H and O–H groups in total. The molecule has 0 unspecified atom stereocenters. The van der Waals surface area contributed by atoms with E-state index >= 15 is 0 Å². The van der Waals surface area contributed by atoms with Crippen LogP contribution in [0.1, 0.15) is 29.5 Å². The molecule has 1 aliphatic rings. The Morgan fingerprint density at radius 3 is 1.75 bits per heavy atom. The second-order valence-electron chi connectivity index (χ2n) is 8.81. The molecule has 0 atom stereocenters.